The lowest BCUT2D eigenvalue weighted by Gasteiger charge is -2.11. The van der Waals surface area contributed by atoms with E-state index in [0.717, 1.165) is 56.3 Å². The Morgan fingerprint density at radius 1 is 0.567 bits per heavy atom. The Bertz CT molecular complexity index is 2290. The number of aromatic nitrogens is 4. The maximum atomic E-state index is 12.3. The van der Waals surface area contributed by atoms with Gasteiger partial charge in [-0.3, -0.25) is 9.59 Å². The predicted octanol–water partition coefficient (Wildman–Crippen LogP) is 4.00. The molecule has 6 rings (SSSR count). The molecule has 0 aliphatic rings. The minimum atomic E-state index is -2.87. The topological polar surface area (TPSA) is 248 Å². The number of carboxylic acids is 2. The first-order valence-electron chi connectivity index (χ1n) is 18.3. The Labute approximate surface area is 347 Å². The van der Waals surface area contributed by atoms with Crippen LogP contribution in [-0.2, 0) is 36.6 Å². The zero-order valence-corrected chi connectivity index (χ0v) is 35.4. The molecule has 4 aromatic heterocycles. The summed E-state index contributed by atoms with van der Waals surface area (Å²) < 4.78 is 12.8. The second-order valence-corrected chi connectivity index (χ2v) is 14.7. The molecule has 6 aromatic rings. The minimum absolute atomic E-state index is 0.0710. The van der Waals surface area contributed by atoms with Crippen LogP contribution in [0.1, 0.15) is 33.6 Å². The third-order valence-electron chi connectivity index (χ3n) is 8.82. The van der Waals surface area contributed by atoms with Gasteiger partial charge in [-0.1, -0.05) is 71.8 Å². The summed E-state index contributed by atoms with van der Waals surface area (Å²) >= 11 is 0. The van der Waals surface area contributed by atoms with Crippen molar-refractivity contribution in [2.45, 2.75) is 52.7 Å². The van der Waals surface area contributed by atoms with Crippen molar-refractivity contribution in [3.05, 3.63) is 119 Å². The number of fused-ring (bicyclic) bond motifs is 2. The largest absolute Gasteiger partial charge is 0.692 e. The molecule has 60 heavy (non-hydrogen) atoms. The number of aliphatic carboxylic acids is 2. The van der Waals surface area contributed by atoms with E-state index in [1.807, 2.05) is 59.3 Å². The van der Waals surface area contributed by atoms with E-state index in [4.69, 9.17) is 44.7 Å². The van der Waals surface area contributed by atoms with Crippen LogP contribution in [-0.4, -0.2) is 123 Å². The zero-order chi connectivity index (χ0) is 45.0. The van der Waals surface area contributed by atoms with Crippen LogP contribution in [0.15, 0.2) is 85.2 Å². The third-order valence-corrected chi connectivity index (χ3v) is 8.82. The fourth-order valence-corrected chi connectivity index (χ4v) is 5.49. The molecular weight excluding hydrogens is 795 g/mol. The number of aliphatic hydroxyl groups excluding tert-OH is 2. The summed E-state index contributed by atoms with van der Waals surface area (Å²) in [5.41, 5.74) is 12.2. The molecule has 0 fully saturated rings. The average molecular weight is 846 g/mol. The number of hydrogen-bond donors (Lipinski definition) is 6. The van der Waals surface area contributed by atoms with Gasteiger partial charge in [0.1, 0.15) is 11.3 Å². The van der Waals surface area contributed by atoms with E-state index in [2.05, 4.69) is 62.4 Å². The van der Waals surface area contributed by atoms with Crippen molar-refractivity contribution in [1.29, 1.82) is 0 Å². The molecule has 2 amide bonds. The number of nitrogens with zero attached hydrogens (tertiary/aromatic N) is 6. The second-order valence-electron chi connectivity index (χ2n) is 14.2. The van der Waals surface area contributed by atoms with Crippen LogP contribution >= 0.6 is 8.25 Å². The van der Waals surface area contributed by atoms with Gasteiger partial charge in [0.05, 0.1) is 35.6 Å². The molecule has 6 N–H and O–H groups in total. The highest BCUT2D eigenvalue weighted by Gasteiger charge is 2.29. The maximum Gasteiger partial charge on any atom is 0.692 e. The van der Waals surface area contributed by atoms with Crippen LogP contribution in [0.3, 0.4) is 0 Å². The van der Waals surface area contributed by atoms with Gasteiger partial charge < -0.3 is 39.0 Å². The molecule has 0 radical (unpaired) electrons. The van der Waals surface area contributed by atoms with Gasteiger partial charge in [0, 0.05) is 56.3 Å². The molecular formula is C42H50N6O11P+. The van der Waals surface area contributed by atoms with E-state index < -0.39 is 32.4 Å². The van der Waals surface area contributed by atoms with Crippen molar-refractivity contribution in [1.82, 2.24) is 28.6 Å². The molecule has 318 valence electrons. The van der Waals surface area contributed by atoms with Crippen LogP contribution in [0.4, 0.5) is 0 Å². The van der Waals surface area contributed by atoms with E-state index in [9.17, 15) is 19.2 Å². The summed E-state index contributed by atoms with van der Waals surface area (Å²) in [6.07, 6.45) is 0.216. The molecule has 0 saturated heterocycles. The van der Waals surface area contributed by atoms with Crippen LogP contribution in [0.5, 0.6) is 0 Å². The number of carbonyl (C=O) groups excluding carboxylic acids is 2. The molecule has 0 spiro atoms. The van der Waals surface area contributed by atoms with Crippen molar-refractivity contribution < 1.29 is 54.0 Å². The lowest BCUT2D eigenvalue weighted by Crippen LogP contribution is -2.39. The molecule has 2 unspecified atom stereocenters. The first kappa shape index (κ1) is 48.0. The molecule has 0 aliphatic carbocycles. The van der Waals surface area contributed by atoms with Crippen molar-refractivity contribution in [2.24, 2.45) is 0 Å². The van der Waals surface area contributed by atoms with Crippen molar-refractivity contribution >= 4 is 43.3 Å². The zero-order valence-electron chi connectivity index (χ0n) is 34.5. The molecule has 4 heterocycles. The molecule has 2 atom stereocenters. The van der Waals surface area contributed by atoms with Gasteiger partial charge in [-0.05, 0) is 51.0 Å². The van der Waals surface area contributed by atoms with Gasteiger partial charge in [0.25, 0.3) is 0 Å². The standard InChI is InChI=1S/2C19H21N3O.C4H6O6.HO3P/c2*1-13-5-8-15(9-6-13)19-16(11-18(23)21(3)4)22-12-14(2)7-10-17(22)20-19;5-1(3(7)8)2(6)4(9)10;1-4(2)3/h2*5-10,12H,11H2,1-4H3;1-2,5-6H,(H,7,8)(H,9,10);(H-,1,2,3)/p+1. The Kier molecular flexibility index (Phi) is 17.3. The second kappa shape index (κ2) is 21.6. The fourth-order valence-electron chi connectivity index (χ4n) is 5.49. The van der Waals surface area contributed by atoms with Crippen LogP contribution in [0.25, 0.3) is 33.8 Å². The lowest BCUT2D eigenvalue weighted by atomic mass is 10.1. The van der Waals surface area contributed by atoms with E-state index in [0.29, 0.717) is 12.8 Å². The molecule has 2 aromatic carbocycles. The summed E-state index contributed by atoms with van der Waals surface area (Å²) in [7, 11) is 4.25. The number of carboxylic acid groups (broad SMARTS) is 2. The van der Waals surface area contributed by atoms with Gasteiger partial charge in [-0.2, -0.15) is 0 Å². The highest BCUT2D eigenvalue weighted by molar-refractivity contribution is 7.30. The molecule has 0 bridgehead atoms. The van der Waals surface area contributed by atoms with Crippen LogP contribution in [0.2, 0.25) is 0 Å². The Hall–Kier alpha value is -6.36. The molecule has 0 saturated carbocycles. The molecule has 0 aliphatic heterocycles. The van der Waals surface area contributed by atoms with Crippen LogP contribution in [0, 0.1) is 27.7 Å². The van der Waals surface area contributed by atoms with Crippen molar-refractivity contribution in [2.75, 3.05) is 28.2 Å². The first-order valence-corrected chi connectivity index (χ1v) is 19.4. The van der Waals surface area contributed by atoms with Crippen molar-refractivity contribution in [3.63, 3.8) is 0 Å². The monoisotopic (exact) mass is 845 g/mol. The summed E-state index contributed by atoms with van der Waals surface area (Å²) in [4.78, 5) is 71.1. The lowest BCUT2D eigenvalue weighted by molar-refractivity contribution is -0.165. The van der Waals surface area contributed by atoms with Gasteiger partial charge in [-0.15, -0.1) is 9.79 Å². The SMILES string of the molecule is Cc1ccc(-c2nc3ccc(C)cn3c2CC(=O)N(C)C)cc1.Cc1ccc(-c2nc3ccc(C)cn3c2CC(=O)N(C)C)cc1.O=C(O)C(O)C(O)C(=O)O.O=[P+](O)O. The van der Waals surface area contributed by atoms with Gasteiger partial charge in [-0.25, -0.2) is 19.6 Å². The quantitative estimate of drug-likeness (QED) is 0.113. The predicted molar refractivity (Wildman–Crippen MR) is 224 cm³/mol. The summed E-state index contributed by atoms with van der Waals surface area (Å²) in [6.45, 7) is 8.21. The van der Waals surface area contributed by atoms with E-state index >= 15 is 0 Å². The molecule has 17 nitrogen and oxygen atoms in total. The minimum Gasteiger partial charge on any atom is -0.479 e. The summed E-state index contributed by atoms with van der Waals surface area (Å²) in [5.74, 6) is -3.40. The number of likely N-dealkylation sites (N-methyl/N-ethyl adjacent to an activating group) is 2. The normalized spacial score (nSPS) is 11.5. The van der Waals surface area contributed by atoms with E-state index in [1.165, 1.54) is 11.1 Å². The number of carbonyl (C=O) groups is 4. The van der Waals surface area contributed by atoms with Crippen molar-refractivity contribution in [3.8, 4) is 22.5 Å². The summed E-state index contributed by atoms with van der Waals surface area (Å²) in [5, 5.41) is 32.5. The fraction of sp³-hybridized carbons (Fsp3) is 0.286. The summed E-state index contributed by atoms with van der Waals surface area (Å²) in [6, 6.07) is 24.6. The number of benzene rings is 2. The number of rotatable bonds is 9. The van der Waals surface area contributed by atoms with Gasteiger partial charge in [0.2, 0.25) is 11.8 Å². The number of hydrogen-bond acceptors (Lipinski definition) is 9. The number of aliphatic hydroxyl groups is 2. The number of pyridine rings is 2. The Balaban J connectivity index is 0.000000246. The van der Waals surface area contributed by atoms with Crippen LogP contribution < -0.4 is 0 Å². The van der Waals surface area contributed by atoms with E-state index in [-0.39, 0.29) is 11.8 Å². The van der Waals surface area contributed by atoms with Gasteiger partial charge in [0.15, 0.2) is 12.2 Å². The van der Waals surface area contributed by atoms with E-state index in [1.54, 1.807) is 38.0 Å². The Morgan fingerprint density at radius 3 is 1.12 bits per heavy atom. The highest BCUT2D eigenvalue weighted by atomic mass is 31.1. The molecule has 18 heteroatoms. The first-order chi connectivity index (χ1) is 28.1. The maximum absolute atomic E-state index is 12.3. The third kappa shape index (κ3) is 13.3. The van der Waals surface area contributed by atoms with Gasteiger partial charge >= 0.3 is 20.2 Å². The average Bonchev–Trinajstić information content (AvgIpc) is 3.71. The Morgan fingerprint density at radius 2 is 0.850 bits per heavy atom. The smallest absolute Gasteiger partial charge is 0.479 e. The highest BCUT2D eigenvalue weighted by Crippen LogP contribution is 2.27. The number of aryl methyl sites for hydroxylation is 4. The number of imidazole rings is 2. The number of amides is 2.